The van der Waals surface area contributed by atoms with Gasteiger partial charge in [0.05, 0.1) is 18.1 Å². The van der Waals surface area contributed by atoms with E-state index in [4.69, 9.17) is 16.3 Å². The Bertz CT molecular complexity index is 1450. The fraction of sp³-hybridized carbons (Fsp3) is 0.462. The van der Waals surface area contributed by atoms with Crippen LogP contribution in [0.3, 0.4) is 0 Å². The molecule has 1 N–H and O–H groups in total. The number of anilines is 1. The van der Waals surface area contributed by atoms with E-state index in [2.05, 4.69) is 5.32 Å². The monoisotopic (exact) mass is 548 g/mol. The molecule has 0 aliphatic heterocycles. The summed E-state index contributed by atoms with van der Waals surface area (Å²) in [4.78, 5) is 27.7. The summed E-state index contributed by atoms with van der Waals surface area (Å²) in [5.41, 5.74) is 0.521. The van der Waals surface area contributed by atoms with Gasteiger partial charge in [0.15, 0.2) is 0 Å². The van der Waals surface area contributed by atoms with Crippen LogP contribution < -0.4 is 15.7 Å². The van der Waals surface area contributed by atoms with Gasteiger partial charge in [0.2, 0.25) is 0 Å². The highest BCUT2D eigenvalue weighted by Crippen LogP contribution is 2.34. The molecule has 1 heterocycles. The molecule has 2 amide bonds. The van der Waals surface area contributed by atoms with Crippen molar-refractivity contribution < 1.29 is 17.9 Å². The van der Waals surface area contributed by atoms with E-state index >= 15 is 0 Å². The molecule has 1 aliphatic rings. The molecule has 0 unspecified atom stereocenters. The number of carbonyl (C=O) groups is 1. The number of hydrogen-bond acceptors (Lipinski definition) is 5. The quantitative estimate of drug-likeness (QED) is 0.394. The summed E-state index contributed by atoms with van der Waals surface area (Å²) >= 11 is 6.27. The maximum atomic E-state index is 14.0. The first-order chi connectivity index (χ1) is 17.7. The zero-order valence-corrected chi connectivity index (χ0v) is 22.9. The Labute approximate surface area is 222 Å². The van der Waals surface area contributed by atoms with Crippen LogP contribution in [0.1, 0.15) is 58.4 Å². The van der Waals surface area contributed by atoms with Crippen molar-refractivity contribution in [1.82, 2.24) is 13.4 Å². The maximum Gasteiger partial charge on any atom is 0.343 e. The fourth-order valence-corrected chi connectivity index (χ4v) is 6.74. The van der Waals surface area contributed by atoms with Crippen LogP contribution in [0, 0.1) is 0 Å². The maximum absolute atomic E-state index is 14.0. The Morgan fingerprint density at radius 3 is 2.35 bits per heavy atom. The van der Waals surface area contributed by atoms with Gasteiger partial charge in [0.25, 0.3) is 10.0 Å². The Balaban J connectivity index is 1.83. The molecule has 1 saturated carbocycles. The summed E-state index contributed by atoms with van der Waals surface area (Å²) in [6, 6.07) is 8.67. The molecular weight excluding hydrogens is 516 g/mol. The van der Waals surface area contributed by atoms with Gasteiger partial charge >= 0.3 is 11.7 Å². The van der Waals surface area contributed by atoms with Crippen molar-refractivity contribution in [2.45, 2.75) is 63.3 Å². The zero-order valence-electron chi connectivity index (χ0n) is 21.4. The van der Waals surface area contributed by atoms with Crippen LogP contribution in [0.15, 0.2) is 46.1 Å². The Kier molecular flexibility index (Phi) is 8.18. The number of nitrogens with one attached hydrogen (secondary N) is 1. The Hall–Kier alpha value is -2.98. The number of hydrogen-bond donors (Lipinski definition) is 1. The van der Waals surface area contributed by atoms with Gasteiger partial charge in [-0.2, -0.15) is 3.97 Å². The average molecular weight is 549 g/mol. The van der Waals surface area contributed by atoms with Crippen molar-refractivity contribution in [3.63, 3.8) is 0 Å². The van der Waals surface area contributed by atoms with Gasteiger partial charge in [-0.25, -0.2) is 18.0 Å². The highest BCUT2D eigenvalue weighted by molar-refractivity contribution is 7.90. The molecule has 1 aliphatic carbocycles. The minimum atomic E-state index is -4.36. The van der Waals surface area contributed by atoms with Crippen LogP contribution in [-0.2, 0) is 10.0 Å². The number of halogens is 1. The minimum absolute atomic E-state index is 0.0218. The molecule has 200 valence electrons. The molecule has 9 nitrogen and oxygen atoms in total. The predicted octanol–water partition coefficient (Wildman–Crippen LogP) is 5.47. The third kappa shape index (κ3) is 5.22. The SMILES string of the molecule is CCN(CC)C(=O)Nc1ccc(S(=O)(=O)n2c(=O)n(C3CCCCCC3)c3cc(Cl)ccc32)c(OC)c1. The molecule has 0 radical (unpaired) electrons. The topological polar surface area (TPSA) is 103 Å². The molecule has 0 atom stereocenters. The average Bonchev–Trinajstić information content (AvgIpc) is 3.01. The van der Waals surface area contributed by atoms with Crippen molar-refractivity contribution in [2.24, 2.45) is 0 Å². The van der Waals surface area contributed by atoms with Crippen LogP contribution in [0.25, 0.3) is 11.0 Å². The summed E-state index contributed by atoms with van der Waals surface area (Å²) in [6.45, 7) is 4.80. The summed E-state index contributed by atoms with van der Waals surface area (Å²) in [5.74, 6) is 0.0218. The molecular formula is C26H33ClN4O5S. The second kappa shape index (κ2) is 11.2. The number of urea groups is 1. The highest BCUT2D eigenvalue weighted by atomic mass is 35.5. The molecule has 11 heteroatoms. The molecule has 0 saturated heterocycles. The van der Waals surface area contributed by atoms with Crippen molar-refractivity contribution >= 4 is 44.4 Å². The number of methoxy groups -OCH3 is 1. The zero-order chi connectivity index (χ0) is 26.7. The summed E-state index contributed by atoms with van der Waals surface area (Å²) in [7, 11) is -3.01. The van der Waals surface area contributed by atoms with E-state index in [1.54, 1.807) is 27.7 Å². The number of benzene rings is 2. The standard InChI is InChI=1S/C26H33ClN4O5S/c1-4-29(5-2)25(32)28-19-13-15-24(23(17-19)36-3)37(34,35)31-21-14-12-18(27)16-22(21)30(26(31)33)20-10-8-6-7-9-11-20/h12-17,20H,4-11H2,1-3H3,(H,28,32). The Morgan fingerprint density at radius 1 is 1.05 bits per heavy atom. The second-order valence-corrected chi connectivity index (χ2v) is 11.4. The summed E-state index contributed by atoms with van der Waals surface area (Å²) < 4.78 is 35.8. The van der Waals surface area contributed by atoms with Gasteiger partial charge in [0, 0.05) is 35.9 Å². The van der Waals surface area contributed by atoms with E-state index in [9.17, 15) is 18.0 Å². The van der Waals surface area contributed by atoms with Gasteiger partial charge in [-0.1, -0.05) is 37.3 Å². The number of ether oxygens (including phenoxy) is 1. The van der Waals surface area contributed by atoms with Crippen molar-refractivity contribution in [1.29, 1.82) is 0 Å². The summed E-state index contributed by atoms with van der Waals surface area (Å²) in [6.07, 6.45) is 5.75. The number of carbonyl (C=O) groups excluding carboxylic acids is 1. The van der Waals surface area contributed by atoms with Gasteiger partial charge < -0.3 is 15.0 Å². The van der Waals surface area contributed by atoms with Crippen LogP contribution in [-0.4, -0.2) is 48.1 Å². The lowest BCUT2D eigenvalue weighted by molar-refractivity contribution is 0.217. The van der Waals surface area contributed by atoms with E-state index in [0.29, 0.717) is 29.3 Å². The normalized spacial score (nSPS) is 14.9. The third-order valence-corrected chi connectivity index (χ3v) is 8.93. The lowest BCUT2D eigenvalue weighted by Crippen LogP contribution is -2.34. The second-order valence-electron chi connectivity index (χ2n) is 9.17. The summed E-state index contributed by atoms with van der Waals surface area (Å²) in [5, 5.41) is 3.19. The molecule has 1 aromatic heterocycles. The highest BCUT2D eigenvalue weighted by Gasteiger charge is 2.31. The van der Waals surface area contributed by atoms with Crippen LogP contribution in [0.5, 0.6) is 5.75 Å². The van der Waals surface area contributed by atoms with Gasteiger partial charge in [0.1, 0.15) is 10.6 Å². The largest absolute Gasteiger partial charge is 0.495 e. The van der Waals surface area contributed by atoms with Crippen molar-refractivity contribution in [3.8, 4) is 5.75 Å². The first-order valence-electron chi connectivity index (χ1n) is 12.6. The first kappa shape index (κ1) is 27.1. The first-order valence-corrected chi connectivity index (χ1v) is 14.5. The number of amides is 2. The van der Waals surface area contributed by atoms with E-state index in [-0.39, 0.29) is 28.2 Å². The molecule has 3 aromatic rings. The molecule has 0 bridgehead atoms. The third-order valence-electron chi connectivity index (χ3n) is 6.97. The van der Waals surface area contributed by atoms with E-state index < -0.39 is 15.7 Å². The molecule has 0 spiro atoms. The number of aromatic nitrogens is 2. The lowest BCUT2D eigenvalue weighted by Gasteiger charge is -2.20. The van der Waals surface area contributed by atoms with Gasteiger partial charge in [-0.15, -0.1) is 0 Å². The smallest absolute Gasteiger partial charge is 0.343 e. The van der Waals surface area contributed by atoms with Crippen LogP contribution in [0.2, 0.25) is 5.02 Å². The molecule has 1 fully saturated rings. The number of rotatable bonds is 7. The predicted molar refractivity (Wildman–Crippen MR) is 145 cm³/mol. The number of fused-ring (bicyclic) bond motifs is 1. The van der Waals surface area contributed by atoms with Gasteiger partial charge in [-0.3, -0.25) is 4.57 Å². The van der Waals surface area contributed by atoms with Gasteiger partial charge in [-0.05, 0) is 57.0 Å². The Morgan fingerprint density at radius 2 is 1.73 bits per heavy atom. The molecule has 4 rings (SSSR count). The van der Waals surface area contributed by atoms with Crippen molar-refractivity contribution in [2.75, 3.05) is 25.5 Å². The number of imidazole rings is 1. The van der Waals surface area contributed by atoms with Crippen LogP contribution in [0.4, 0.5) is 10.5 Å². The van der Waals surface area contributed by atoms with E-state index in [1.807, 2.05) is 13.8 Å². The fourth-order valence-electron chi connectivity index (χ4n) is 5.04. The lowest BCUT2D eigenvalue weighted by atomic mass is 10.1. The number of nitrogens with zero attached hydrogens (tertiary/aromatic N) is 3. The van der Waals surface area contributed by atoms with E-state index in [0.717, 1.165) is 42.5 Å². The molecule has 37 heavy (non-hydrogen) atoms. The van der Waals surface area contributed by atoms with E-state index in [1.165, 1.54) is 25.3 Å². The van der Waals surface area contributed by atoms with Crippen LogP contribution >= 0.6 is 11.6 Å². The van der Waals surface area contributed by atoms with Crippen molar-refractivity contribution in [3.05, 3.63) is 51.9 Å². The molecule has 2 aromatic carbocycles. The minimum Gasteiger partial charge on any atom is -0.495 e.